The number of amides is 4. The highest BCUT2D eigenvalue weighted by atomic mass is 35.5. The van der Waals surface area contributed by atoms with Gasteiger partial charge in [-0.3, -0.25) is 19.4 Å². The van der Waals surface area contributed by atoms with Gasteiger partial charge in [-0.2, -0.15) is 0 Å². The number of halogens is 2. The lowest BCUT2D eigenvalue weighted by molar-refractivity contribution is -0.125. The molecular weight excluding hydrogens is 423 g/mol. The van der Waals surface area contributed by atoms with Gasteiger partial charge in [0.05, 0.1) is 13.1 Å². The summed E-state index contributed by atoms with van der Waals surface area (Å²) in [6.45, 7) is 2.93. The summed E-state index contributed by atoms with van der Waals surface area (Å²) in [5.41, 5.74) is 1.80. The van der Waals surface area contributed by atoms with Gasteiger partial charge in [0.2, 0.25) is 5.91 Å². The van der Waals surface area contributed by atoms with Gasteiger partial charge < -0.3 is 10.2 Å². The van der Waals surface area contributed by atoms with Crippen LogP contribution in [0.4, 0.5) is 9.18 Å². The molecule has 2 aromatic rings. The Morgan fingerprint density at radius 3 is 2.32 bits per heavy atom. The maximum Gasteiger partial charge on any atom is 0.324 e. The number of hydrogen-bond donors (Lipinski definition) is 1. The molecule has 0 aliphatic carbocycles. The van der Waals surface area contributed by atoms with Crippen molar-refractivity contribution in [2.45, 2.75) is 13.1 Å². The molecule has 4 rings (SSSR count). The van der Waals surface area contributed by atoms with Gasteiger partial charge in [0.25, 0.3) is 5.91 Å². The number of rotatable bonds is 5. The van der Waals surface area contributed by atoms with Crippen molar-refractivity contribution >= 4 is 29.4 Å². The van der Waals surface area contributed by atoms with E-state index >= 15 is 0 Å². The Morgan fingerprint density at radius 2 is 1.71 bits per heavy atom. The van der Waals surface area contributed by atoms with E-state index in [-0.39, 0.29) is 30.7 Å². The molecule has 0 saturated carbocycles. The van der Waals surface area contributed by atoms with Crippen LogP contribution < -0.4 is 5.32 Å². The summed E-state index contributed by atoms with van der Waals surface area (Å²) < 4.78 is 14.0. The van der Waals surface area contributed by atoms with Gasteiger partial charge in [-0.15, -0.1) is 0 Å². The van der Waals surface area contributed by atoms with Gasteiger partial charge in [0.15, 0.2) is 0 Å². The first-order valence-corrected chi connectivity index (χ1v) is 10.4. The zero-order valence-electron chi connectivity index (χ0n) is 16.8. The molecule has 2 saturated heterocycles. The van der Waals surface area contributed by atoms with E-state index in [1.54, 1.807) is 41.3 Å². The molecule has 0 unspecified atom stereocenters. The summed E-state index contributed by atoms with van der Waals surface area (Å²) in [5, 5.41) is 2.89. The van der Waals surface area contributed by atoms with Crippen molar-refractivity contribution in [2.75, 3.05) is 32.7 Å². The van der Waals surface area contributed by atoms with Crippen molar-refractivity contribution in [1.29, 1.82) is 0 Å². The lowest BCUT2D eigenvalue weighted by Gasteiger charge is -2.35. The van der Waals surface area contributed by atoms with E-state index in [4.69, 9.17) is 11.6 Å². The third-order valence-corrected chi connectivity index (χ3v) is 5.94. The SMILES string of the molecule is O=C(c1ccc(CN2C(=O)CNC2=O)cc1)N1CCN(Cc2c(F)cccc2Cl)CC1. The third kappa shape index (κ3) is 4.70. The molecule has 9 heteroatoms. The maximum absolute atomic E-state index is 14.0. The number of hydrogen-bond acceptors (Lipinski definition) is 4. The van der Waals surface area contributed by atoms with Crippen molar-refractivity contribution in [2.24, 2.45) is 0 Å². The topological polar surface area (TPSA) is 73.0 Å². The quantitative estimate of drug-likeness (QED) is 0.719. The minimum Gasteiger partial charge on any atom is -0.336 e. The number of urea groups is 1. The molecule has 1 N–H and O–H groups in total. The van der Waals surface area contributed by atoms with E-state index in [0.29, 0.717) is 48.9 Å². The van der Waals surface area contributed by atoms with Gasteiger partial charge in [0, 0.05) is 48.9 Å². The largest absolute Gasteiger partial charge is 0.336 e. The summed E-state index contributed by atoms with van der Waals surface area (Å²) in [4.78, 5) is 41.2. The van der Waals surface area contributed by atoms with Crippen molar-refractivity contribution in [3.05, 3.63) is 70.0 Å². The van der Waals surface area contributed by atoms with E-state index in [1.165, 1.54) is 6.07 Å². The molecule has 2 aromatic carbocycles. The van der Waals surface area contributed by atoms with Crippen LogP contribution in [0.2, 0.25) is 5.02 Å². The third-order valence-electron chi connectivity index (χ3n) is 5.58. The van der Waals surface area contributed by atoms with E-state index in [0.717, 1.165) is 10.5 Å². The first kappa shape index (κ1) is 21.3. The van der Waals surface area contributed by atoms with Crippen molar-refractivity contribution in [3.8, 4) is 0 Å². The Morgan fingerprint density at radius 1 is 1.00 bits per heavy atom. The second-order valence-electron chi connectivity index (χ2n) is 7.60. The molecule has 7 nitrogen and oxygen atoms in total. The van der Waals surface area contributed by atoms with Crippen LogP contribution in [0.1, 0.15) is 21.5 Å². The zero-order valence-corrected chi connectivity index (χ0v) is 17.6. The van der Waals surface area contributed by atoms with E-state index in [9.17, 15) is 18.8 Å². The first-order chi connectivity index (χ1) is 14.9. The highest BCUT2D eigenvalue weighted by Crippen LogP contribution is 2.22. The molecule has 2 aliphatic rings. The maximum atomic E-state index is 14.0. The van der Waals surface area contributed by atoms with Crippen LogP contribution in [0, 0.1) is 5.82 Å². The summed E-state index contributed by atoms with van der Waals surface area (Å²) in [7, 11) is 0. The fraction of sp³-hybridized carbons (Fsp3) is 0.318. The summed E-state index contributed by atoms with van der Waals surface area (Å²) in [6, 6.07) is 11.2. The molecular formula is C22H22ClFN4O3. The average molecular weight is 445 g/mol. The molecule has 31 heavy (non-hydrogen) atoms. The first-order valence-electron chi connectivity index (χ1n) is 10.0. The molecule has 4 amide bonds. The van der Waals surface area contributed by atoms with Gasteiger partial charge in [0.1, 0.15) is 5.82 Å². The summed E-state index contributed by atoms with van der Waals surface area (Å²) in [6.07, 6.45) is 0. The highest BCUT2D eigenvalue weighted by Gasteiger charge is 2.28. The fourth-order valence-electron chi connectivity index (χ4n) is 3.75. The van der Waals surface area contributed by atoms with Gasteiger partial charge in [-0.25, -0.2) is 9.18 Å². The number of carbonyl (C=O) groups is 3. The lowest BCUT2D eigenvalue weighted by atomic mass is 10.1. The number of nitrogens with one attached hydrogen (secondary N) is 1. The Labute approximate surface area is 184 Å². The molecule has 2 aliphatic heterocycles. The number of nitrogens with zero attached hydrogens (tertiary/aromatic N) is 3. The highest BCUT2D eigenvalue weighted by molar-refractivity contribution is 6.31. The van der Waals surface area contributed by atoms with Gasteiger partial charge in [-0.05, 0) is 29.8 Å². The second kappa shape index (κ2) is 9.03. The molecule has 0 atom stereocenters. The Hall–Kier alpha value is -2.97. The Kier molecular flexibility index (Phi) is 6.20. The molecule has 0 radical (unpaired) electrons. The standard InChI is InChI=1S/C22H22ClFN4O3/c23-18-2-1-3-19(24)17(18)14-26-8-10-27(11-9-26)21(30)16-6-4-15(5-7-16)13-28-20(29)12-25-22(28)31/h1-7H,8-14H2,(H,25,31). The van der Waals surface area contributed by atoms with Crippen LogP contribution in [0.25, 0.3) is 0 Å². The smallest absolute Gasteiger partial charge is 0.324 e. The minimum atomic E-state index is -0.403. The minimum absolute atomic E-state index is 0.0184. The molecule has 0 bridgehead atoms. The predicted octanol–water partition coefficient (Wildman–Crippen LogP) is 2.49. The van der Waals surface area contributed by atoms with Crippen LogP contribution >= 0.6 is 11.6 Å². The lowest BCUT2D eigenvalue weighted by Crippen LogP contribution is -2.48. The van der Waals surface area contributed by atoms with E-state index in [2.05, 4.69) is 10.2 Å². The van der Waals surface area contributed by atoms with Crippen LogP contribution in [0.5, 0.6) is 0 Å². The van der Waals surface area contributed by atoms with Crippen LogP contribution in [-0.4, -0.2) is 65.3 Å². The van der Waals surface area contributed by atoms with Crippen LogP contribution in [0.15, 0.2) is 42.5 Å². The number of benzene rings is 2. The number of carbonyl (C=O) groups excluding carboxylic acids is 3. The number of imide groups is 1. The normalized spacial score (nSPS) is 17.2. The molecule has 0 aromatic heterocycles. The molecule has 162 valence electrons. The predicted molar refractivity (Wildman–Crippen MR) is 113 cm³/mol. The zero-order chi connectivity index (χ0) is 22.0. The molecule has 2 fully saturated rings. The van der Waals surface area contributed by atoms with Crippen molar-refractivity contribution in [3.63, 3.8) is 0 Å². The Bertz CT molecular complexity index is 970. The van der Waals surface area contributed by atoms with Crippen LogP contribution in [-0.2, 0) is 17.9 Å². The van der Waals surface area contributed by atoms with Gasteiger partial charge in [-0.1, -0.05) is 29.8 Å². The fourth-order valence-corrected chi connectivity index (χ4v) is 3.97. The summed E-state index contributed by atoms with van der Waals surface area (Å²) in [5.74, 6) is -0.663. The Balaban J connectivity index is 1.32. The molecule has 2 heterocycles. The molecule has 0 spiro atoms. The summed E-state index contributed by atoms with van der Waals surface area (Å²) >= 11 is 6.12. The second-order valence-corrected chi connectivity index (χ2v) is 8.01. The van der Waals surface area contributed by atoms with Crippen molar-refractivity contribution < 1.29 is 18.8 Å². The monoisotopic (exact) mass is 444 g/mol. The van der Waals surface area contributed by atoms with Crippen molar-refractivity contribution in [1.82, 2.24) is 20.0 Å². The van der Waals surface area contributed by atoms with Gasteiger partial charge >= 0.3 is 6.03 Å². The number of piperazine rings is 1. The average Bonchev–Trinajstić information content (AvgIpc) is 3.09. The van der Waals surface area contributed by atoms with E-state index in [1.807, 2.05) is 0 Å². The van der Waals surface area contributed by atoms with E-state index < -0.39 is 6.03 Å². The van der Waals surface area contributed by atoms with Crippen LogP contribution in [0.3, 0.4) is 0 Å².